The molecule has 1 aromatic carbocycles. The van der Waals surface area contributed by atoms with Gasteiger partial charge in [-0.05, 0) is 18.9 Å². The zero-order valence-corrected chi connectivity index (χ0v) is 15.9. The van der Waals surface area contributed by atoms with Gasteiger partial charge in [-0.2, -0.15) is 18.2 Å². The molecule has 162 valence electrons. The number of hydrogen-bond acceptors (Lipinski definition) is 7. The maximum absolute atomic E-state index is 14.3. The summed E-state index contributed by atoms with van der Waals surface area (Å²) >= 11 is 0. The van der Waals surface area contributed by atoms with E-state index in [0.717, 1.165) is 12.8 Å². The van der Waals surface area contributed by atoms with Gasteiger partial charge in [-0.1, -0.05) is 23.4 Å². The van der Waals surface area contributed by atoms with Crippen molar-refractivity contribution in [2.75, 3.05) is 11.9 Å². The van der Waals surface area contributed by atoms with E-state index in [1.54, 1.807) is 18.2 Å². The molecular formula is C19H16F4N6O2. The number of nitrogens with zero attached hydrogens (tertiary/aromatic N) is 4. The van der Waals surface area contributed by atoms with Gasteiger partial charge < -0.3 is 15.2 Å². The smallest absolute Gasteiger partial charge is 0.353 e. The first-order valence-corrected chi connectivity index (χ1v) is 9.33. The zero-order chi connectivity index (χ0) is 22.0. The highest BCUT2D eigenvalue weighted by Gasteiger charge is 2.38. The molecule has 1 amide bonds. The van der Waals surface area contributed by atoms with E-state index in [1.807, 2.05) is 0 Å². The molecule has 1 unspecified atom stereocenters. The normalized spacial score (nSPS) is 14.8. The van der Waals surface area contributed by atoms with Crippen LogP contribution in [0.15, 0.2) is 41.2 Å². The molecule has 0 spiro atoms. The van der Waals surface area contributed by atoms with Crippen LogP contribution in [-0.2, 0) is 11.0 Å². The second-order valence-electron chi connectivity index (χ2n) is 6.95. The number of rotatable bonds is 7. The van der Waals surface area contributed by atoms with Crippen molar-refractivity contribution in [3.05, 3.63) is 53.9 Å². The van der Waals surface area contributed by atoms with Gasteiger partial charge in [0.25, 0.3) is 0 Å². The standard InChI is InChI=1S/C19H16F4N6O2/c20-13-4-2-1-3-12(13)14(9-24-16(30)10-5-6-10)27-18-25-7-11(8-26-18)15-28-17(31-29-15)19(21,22)23/h1-4,7-8,10,14H,5-6,9H2,(H,24,30)(H,25,26,27). The highest BCUT2D eigenvalue weighted by molar-refractivity contribution is 5.80. The molecule has 3 aromatic rings. The molecule has 0 saturated heterocycles. The summed E-state index contributed by atoms with van der Waals surface area (Å²) in [5, 5.41) is 8.99. The van der Waals surface area contributed by atoms with Crippen LogP contribution in [0.5, 0.6) is 0 Å². The third-order valence-corrected chi connectivity index (χ3v) is 4.59. The minimum Gasteiger partial charge on any atom is -0.353 e. The van der Waals surface area contributed by atoms with Crippen molar-refractivity contribution in [1.82, 2.24) is 25.4 Å². The summed E-state index contributed by atoms with van der Waals surface area (Å²) in [5.74, 6) is -2.29. The fraction of sp³-hybridized carbons (Fsp3) is 0.316. The summed E-state index contributed by atoms with van der Waals surface area (Å²) in [7, 11) is 0. The van der Waals surface area contributed by atoms with Crippen molar-refractivity contribution in [3.8, 4) is 11.4 Å². The maximum atomic E-state index is 14.3. The fourth-order valence-corrected chi connectivity index (χ4v) is 2.82. The molecule has 2 N–H and O–H groups in total. The van der Waals surface area contributed by atoms with Gasteiger partial charge in [-0.3, -0.25) is 4.79 Å². The number of nitrogens with one attached hydrogen (secondary N) is 2. The molecule has 0 bridgehead atoms. The third-order valence-electron chi connectivity index (χ3n) is 4.59. The average Bonchev–Trinajstić information content (AvgIpc) is 3.47. The molecule has 1 atom stereocenters. The summed E-state index contributed by atoms with van der Waals surface area (Å²) in [6.07, 6.45) is -0.671. The van der Waals surface area contributed by atoms with Crippen molar-refractivity contribution < 1.29 is 26.9 Å². The van der Waals surface area contributed by atoms with Crippen LogP contribution in [0.3, 0.4) is 0 Å². The van der Waals surface area contributed by atoms with Crippen molar-refractivity contribution in [2.24, 2.45) is 5.92 Å². The molecule has 4 rings (SSSR count). The molecule has 0 aliphatic heterocycles. The number of benzene rings is 1. The van der Waals surface area contributed by atoms with E-state index in [-0.39, 0.29) is 35.7 Å². The second kappa shape index (κ2) is 8.28. The topological polar surface area (TPSA) is 106 Å². The Morgan fingerprint density at radius 1 is 1.19 bits per heavy atom. The quantitative estimate of drug-likeness (QED) is 0.547. The summed E-state index contributed by atoms with van der Waals surface area (Å²) in [6.45, 7) is 0.0984. The molecule has 1 saturated carbocycles. The van der Waals surface area contributed by atoms with Crippen molar-refractivity contribution in [2.45, 2.75) is 25.1 Å². The van der Waals surface area contributed by atoms with Crippen LogP contribution in [0.1, 0.15) is 30.3 Å². The molecule has 12 heteroatoms. The number of carbonyl (C=O) groups is 1. The molecule has 1 fully saturated rings. The Balaban J connectivity index is 1.50. The van der Waals surface area contributed by atoms with Crippen LogP contribution in [-0.4, -0.2) is 32.6 Å². The molecule has 8 nitrogen and oxygen atoms in total. The van der Waals surface area contributed by atoms with Gasteiger partial charge in [0.15, 0.2) is 0 Å². The van der Waals surface area contributed by atoms with E-state index in [0.29, 0.717) is 5.56 Å². The summed E-state index contributed by atoms with van der Waals surface area (Å²) in [6, 6.07) is 5.41. The van der Waals surface area contributed by atoms with Crippen molar-refractivity contribution in [1.29, 1.82) is 0 Å². The molecule has 1 aliphatic carbocycles. The summed E-state index contributed by atoms with van der Waals surface area (Å²) in [5.41, 5.74) is 0.411. The van der Waals surface area contributed by atoms with Crippen LogP contribution in [0.25, 0.3) is 11.4 Å². The number of aromatic nitrogens is 4. The number of alkyl halides is 3. The van der Waals surface area contributed by atoms with Crippen LogP contribution in [0, 0.1) is 11.7 Å². The minimum absolute atomic E-state index is 0.00615. The van der Waals surface area contributed by atoms with Crippen LogP contribution in [0.4, 0.5) is 23.5 Å². The molecule has 0 radical (unpaired) electrons. The Morgan fingerprint density at radius 3 is 2.52 bits per heavy atom. The van der Waals surface area contributed by atoms with Gasteiger partial charge in [0.2, 0.25) is 17.7 Å². The van der Waals surface area contributed by atoms with E-state index < -0.39 is 23.9 Å². The molecular weight excluding hydrogens is 420 g/mol. The Kier molecular flexibility index (Phi) is 5.53. The van der Waals surface area contributed by atoms with Crippen LogP contribution >= 0.6 is 0 Å². The van der Waals surface area contributed by atoms with E-state index in [2.05, 4.69) is 35.3 Å². The van der Waals surface area contributed by atoms with Gasteiger partial charge in [0, 0.05) is 30.4 Å². The number of carbonyl (C=O) groups excluding carboxylic acids is 1. The minimum atomic E-state index is -4.76. The lowest BCUT2D eigenvalue weighted by Gasteiger charge is -2.20. The average molecular weight is 436 g/mol. The highest BCUT2D eigenvalue weighted by atomic mass is 19.4. The first-order valence-electron chi connectivity index (χ1n) is 9.33. The first kappa shape index (κ1) is 20.7. The number of anilines is 1. The van der Waals surface area contributed by atoms with Gasteiger partial charge in [-0.25, -0.2) is 14.4 Å². The zero-order valence-electron chi connectivity index (χ0n) is 15.9. The number of amides is 1. The Morgan fingerprint density at radius 2 is 1.90 bits per heavy atom. The highest BCUT2D eigenvalue weighted by Crippen LogP contribution is 2.30. The molecule has 31 heavy (non-hydrogen) atoms. The van der Waals surface area contributed by atoms with Crippen molar-refractivity contribution >= 4 is 11.9 Å². The Labute approximate surface area is 173 Å². The van der Waals surface area contributed by atoms with Gasteiger partial charge in [0.05, 0.1) is 11.6 Å². The largest absolute Gasteiger partial charge is 0.471 e. The van der Waals surface area contributed by atoms with E-state index in [4.69, 9.17) is 0 Å². The lowest BCUT2D eigenvalue weighted by molar-refractivity contribution is -0.159. The predicted octanol–water partition coefficient (Wildman–Crippen LogP) is 3.36. The van der Waals surface area contributed by atoms with Crippen LogP contribution < -0.4 is 10.6 Å². The third kappa shape index (κ3) is 4.95. The lowest BCUT2D eigenvalue weighted by atomic mass is 10.1. The summed E-state index contributed by atoms with van der Waals surface area (Å²) < 4.78 is 56.3. The van der Waals surface area contributed by atoms with Gasteiger partial charge in [-0.15, -0.1) is 0 Å². The first-order chi connectivity index (χ1) is 14.8. The molecule has 1 aliphatic rings. The Bertz CT molecular complexity index is 1070. The maximum Gasteiger partial charge on any atom is 0.471 e. The van der Waals surface area contributed by atoms with E-state index >= 15 is 0 Å². The molecule has 2 aromatic heterocycles. The second-order valence-corrected chi connectivity index (χ2v) is 6.95. The van der Waals surface area contributed by atoms with E-state index in [9.17, 15) is 22.4 Å². The number of halogens is 4. The lowest BCUT2D eigenvalue weighted by Crippen LogP contribution is -2.33. The van der Waals surface area contributed by atoms with Gasteiger partial charge >= 0.3 is 12.1 Å². The van der Waals surface area contributed by atoms with Crippen molar-refractivity contribution in [3.63, 3.8) is 0 Å². The van der Waals surface area contributed by atoms with E-state index in [1.165, 1.54) is 18.5 Å². The van der Waals surface area contributed by atoms with Gasteiger partial charge in [0.1, 0.15) is 5.82 Å². The SMILES string of the molecule is O=C(NCC(Nc1ncc(-c2noc(C(F)(F)F)n2)cn1)c1ccccc1F)C1CC1. The Hall–Kier alpha value is -3.57. The molecule has 2 heterocycles. The monoisotopic (exact) mass is 436 g/mol. The fourth-order valence-electron chi connectivity index (χ4n) is 2.82. The number of hydrogen-bond donors (Lipinski definition) is 2. The predicted molar refractivity (Wildman–Crippen MR) is 98.8 cm³/mol. The van der Waals surface area contributed by atoms with Crippen LogP contribution in [0.2, 0.25) is 0 Å². The summed E-state index contributed by atoms with van der Waals surface area (Å²) in [4.78, 5) is 23.3.